The summed E-state index contributed by atoms with van der Waals surface area (Å²) >= 11 is 0. The summed E-state index contributed by atoms with van der Waals surface area (Å²) in [5, 5.41) is 0. The predicted molar refractivity (Wildman–Crippen MR) is 21.3 cm³/mol. The summed E-state index contributed by atoms with van der Waals surface area (Å²) in [4.78, 5) is 0. The second kappa shape index (κ2) is 1.65. The van der Waals surface area contributed by atoms with Crippen LogP contribution in [-0.4, -0.2) is 0 Å². The zero-order valence-corrected chi connectivity index (χ0v) is 3.14. The number of ether oxygens (including phenoxy) is 1. The SMILES string of the molecule is [C]1[C]=CC=CO1. The Balaban J connectivity index is 2.46. The molecule has 0 aliphatic carbocycles. The van der Waals surface area contributed by atoms with Crippen LogP contribution in [0.25, 0.3) is 0 Å². The van der Waals surface area contributed by atoms with Crippen LogP contribution in [0.3, 0.4) is 0 Å². The minimum atomic E-state index is 1.54. The summed E-state index contributed by atoms with van der Waals surface area (Å²) in [5.74, 6) is 0. The van der Waals surface area contributed by atoms with Crippen molar-refractivity contribution in [1.82, 2.24) is 0 Å². The molecule has 0 bridgehead atoms. The lowest BCUT2D eigenvalue weighted by molar-refractivity contribution is 0.349. The van der Waals surface area contributed by atoms with Gasteiger partial charge in [-0.15, -0.1) is 0 Å². The summed E-state index contributed by atoms with van der Waals surface area (Å²) in [6.07, 6.45) is 7.61. The normalized spacial score (nSPS) is 17.3. The molecule has 0 N–H and O–H groups in total. The largest absolute Gasteiger partial charge is 0.480 e. The van der Waals surface area contributed by atoms with Crippen molar-refractivity contribution in [3.8, 4) is 0 Å². The summed E-state index contributed by atoms with van der Waals surface area (Å²) < 4.78 is 4.50. The molecule has 1 nitrogen and oxygen atoms in total. The monoisotopic (exact) mass is 79.0 g/mol. The van der Waals surface area contributed by atoms with E-state index < -0.39 is 0 Å². The molecule has 0 aromatic heterocycles. The van der Waals surface area contributed by atoms with Gasteiger partial charge in [0, 0.05) is 6.08 Å². The van der Waals surface area contributed by atoms with E-state index in [1.54, 1.807) is 12.2 Å². The van der Waals surface area contributed by atoms with Gasteiger partial charge in [0.1, 0.15) is 0 Å². The molecule has 6 heavy (non-hydrogen) atoms. The van der Waals surface area contributed by atoms with Gasteiger partial charge in [-0.05, 0) is 6.08 Å². The van der Waals surface area contributed by atoms with Crippen LogP contribution >= 0.6 is 0 Å². The minimum absolute atomic E-state index is 1.54. The van der Waals surface area contributed by atoms with E-state index in [9.17, 15) is 0 Å². The first kappa shape index (κ1) is 3.47. The van der Waals surface area contributed by atoms with Crippen LogP contribution in [0.5, 0.6) is 0 Å². The number of allylic oxidation sites excluding steroid dienone is 2. The van der Waals surface area contributed by atoms with Gasteiger partial charge in [0.2, 0.25) is 6.61 Å². The molecule has 0 spiro atoms. The Morgan fingerprint density at radius 3 is 2.67 bits per heavy atom. The molecule has 0 fully saturated rings. The van der Waals surface area contributed by atoms with Crippen LogP contribution in [0.2, 0.25) is 0 Å². The zero-order chi connectivity index (χ0) is 4.24. The van der Waals surface area contributed by atoms with Crippen LogP contribution < -0.4 is 0 Å². The maximum Gasteiger partial charge on any atom is 0.229 e. The molecule has 0 aromatic carbocycles. The van der Waals surface area contributed by atoms with Crippen molar-refractivity contribution < 1.29 is 4.74 Å². The highest BCUT2D eigenvalue weighted by atomic mass is 16.5. The molecule has 1 heterocycles. The molecule has 29 valence electrons. The zero-order valence-electron chi connectivity index (χ0n) is 3.14. The van der Waals surface area contributed by atoms with Gasteiger partial charge in [-0.25, -0.2) is 0 Å². The molecule has 0 unspecified atom stereocenters. The van der Waals surface area contributed by atoms with Crippen molar-refractivity contribution in [3.05, 3.63) is 31.1 Å². The lowest BCUT2D eigenvalue weighted by Gasteiger charge is -1.90. The second-order valence-electron chi connectivity index (χ2n) is 0.859. The molecule has 0 saturated carbocycles. The standard InChI is InChI=1S/C5H3O/c1-2-4-6-5-3-1/h1-2,4H. The third kappa shape index (κ3) is 0.612. The number of hydrogen-bond acceptors (Lipinski definition) is 1. The van der Waals surface area contributed by atoms with Crippen molar-refractivity contribution in [2.75, 3.05) is 0 Å². The molecule has 1 heteroatoms. The van der Waals surface area contributed by atoms with Gasteiger partial charge >= 0.3 is 0 Å². The van der Waals surface area contributed by atoms with E-state index in [2.05, 4.69) is 17.4 Å². The quantitative estimate of drug-likeness (QED) is 0.419. The van der Waals surface area contributed by atoms with Crippen molar-refractivity contribution in [2.45, 2.75) is 0 Å². The summed E-state index contributed by atoms with van der Waals surface area (Å²) in [6, 6.07) is 0. The summed E-state index contributed by atoms with van der Waals surface area (Å²) in [7, 11) is 0. The molecule has 0 aromatic rings. The molecule has 0 atom stereocenters. The molecule has 1 aliphatic rings. The van der Waals surface area contributed by atoms with Crippen molar-refractivity contribution in [2.24, 2.45) is 0 Å². The highest BCUT2D eigenvalue weighted by Gasteiger charge is 1.80. The summed E-state index contributed by atoms with van der Waals surface area (Å²) in [6.45, 7) is 2.39. The first-order valence-corrected chi connectivity index (χ1v) is 1.65. The Labute approximate surface area is 36.9 Å². The number of hydrogen-bond donors (Lipinski definition) is 0. The summed E-state index contributed by atoms with van der Waals surface area (Å²) in [5.41, 5.74) is 0. The van der Waals surface area contributed by atoms with E-state index in [1.807, 2.05) is 0 Å². The molecule has 1 rings (SSSR count). The van der Waals surface area contributed by atoms with Gasteiger partial charge < -0.3 is 4.74 Å². The van der Waals surface area contributed by atoms with Crippen LogP contribution in [0, 0.1) is 12.7 Å². The van der Waals surface area contributed by atoms with Crippen LogP contribution in [0.15, 0.2) is 18.4 Å². The van der Waals surface area contributed by atoms with Gasteiger partial charge in [-0.3, -0.25) is 0 Å². The van der Waals surface area contributed by atoms with Crippen molar-refractivity contribution in [3.63, 3.8) is 0 Å². The lowest BCUT2D eigenvalue weighted by atomic mass is 10.5. The van der Waals surface area contributed by atoms with Crippen molar-refractivity contribution >= 4 is 0 Å². The van der Waals surface area contributed by atoms with Gasteiger partial charge in [0.25, 0.3) is 0 Å². The average molecular weight is 79.1 g/mol. The third-order valence-corrected chi connectivity index (χ3v) is 0.444. The van der Waals surface area contributed by atoms with E-state index in [1.165, 1.54) is 6.26 Å². The highest BCUT2D eigenvalue weighted by Crippen LogP contribution is 1.91. The van der Waals surface area contributed by atoms with Crippen LogP contribution in [0.4, 0.5) is 0 Å². The van der Waals surface area contributed by atoms with E-state index in [4.69, 9.17) is 0 Å². The second-order valence-corrected chi connectivity index (χ2v) is 0.859. The Morgan fingerprint density at radius 2 is 2.50 bits per heavy atom. The molecular weight excluding hydrogens is 76.1 g/mol. The fourth-order valence-electron chi connectivity index (χ4n) is 0.229. The molecular formula is C5H3O. The van der Waals surface area contributed by atoms with E-state index >= 15 is 0 Å². The van der Waals surface area contributed by atoms with Gasteiger partial charge in [-0.2, -0.15) is 0 Å². The topological polar surface area (TPSA) is 9.23 Å². The van der Waals surface area contributed by atoms with Gasteiger partial charge in [0.15, 0.2) is 0 Å². The Morgan fingerprint density at radius 1 is 1.50 bits per heavy atom. The first-order valence-electron chi connectivity index (χ1n) is 1.65. The molecule has 3 radical (unpaired) electrons. The first-order chi connectivity index (χ1) is 3.00. The maximum atomic E-state index is 4.50. The van der Waals surface area contributed by atoms with E-state index in [0.717, 1.165) is 0 Å². The Kier molecular flexibility index (Phi) is 0.955. The fourth-order valence-corrected chi connectivity index (χ4v) is 0.229. The smallest absolute Gasteiger partial charge is 0.229 e. The van der Waals surface area contributed by atoms with Crippen molar-refractivity contribution in [1.29, 1.82) is 0 Å². The van der Waals surface area contributed by atoms with Crippen LogP contribution in [0.1, 0.15) is 0 Å². The Bertz CT molecular complexity index is 69.9. The Hall–Kier alpha value is -0.720. The predicted octanol–water partition coefficient (Wildman–Crippen LogP) is 0.928. The minimum Gasteiger partial charge on any atom is -0.480 e. The maximum absolute atomic E-state index is 4.50. The van der Waals surface area contributed by atoms with Gasteiger partial charge in [0.05, 0.1) is 6.26 Å². The highest BCUT2D eigenvalue weighted by molar-refractivity contribution is 5.02. The lowest BCUT2D eigenvalue weighted by Crippen LogP contribution is -1.75. The average Bonchev–Trinajstić information content (AvgIpc) is 1.72. The molecule has 0 amide bonds. The molecule has 1 aliphatic heterocycles. The van der Waals surface area contributed by atoms with Crippen LogP contribution in [-0.2, 0) is 4.74 Å². The number of rotatable bonds is 0. The van der Waals surface area contributed by atoms with E-state index in [-0.39, 0.29) is 0 Å². The van der Waals surface area contributed by atoms with E-state index in [0.29, 0.717) is 0 Å². The third-order valence-electron chi connectivity index (χ3n) is 0.444. The fraction of sp³-hybridized carbons (Fsp3) is 0. The molecule has 0 saturated heterocycles. The van der Waals surface area contributed by atoms with Gasteiger partial charge in [-0.1, -0.05) is 6.08 Å².